The fraction of sp³-hybridized carbons (Fsp3) is 0.933. The van der Waals surface area contributed by atoms with Crippen molar-refractivity contribution in [1.82, 2.24) is 5.32 Å². The average Bonchev–Trinajstić information content (AvgIpc) is 2.97. The Morgan fingerprint density at radius 3 is 0.747 bits per heavy atom. The Morgan fingerprint density at radius 1 is 0.284 bits per heavy atom. The van der Waals surface area contributed by atoms with E-state index in [1.807, 2.05) is 6.08 Å². The number of carbonyl (C=O) groups excluding carboxylic acids is 2. The summed E-state index contributed by atoms with van der Waals surface area (Å²) in [7, 11) is 0. The maximum absolute atomic E-state index is 12.6. The fourth-order valence-corrected chi connectivity index (χ4v) is 14.3. The van der Waals surface area contributed by atoms with E-state index in [9.17, 15) is 19.8 Å². The highest BCUT2D eigenvalue weighted by molar-refractivity contribution is 5.76. The maximum Gasteiger partial charge on any atom is 0.305 e. The number of aliphatic hydroxyl groups is 2. The zero-order valence-electron chi connectivity index (χ0n) is 64.9. The topological polar surface area (TPSA) is 95.9 Å². The van der Waals surface area contributed by atoms with Crippen LogP contribution in [0.5, 0.6) is 0 Å². The van der Waals surface area contributed by atoms with Gasteiger partial charge in [0, 0.05) is 12.8 Å². The monoisotopic (exact) mass is 1340 g/mol. The van der Waals surface area contributed by atoms with Crippen LogP contribution >= 0.6 is 0 Å². The third-order valence-corrected chi connectivity index (χ3v) is 21.0. The van der Waals surface area contributed by atoms with Crippen molar-refractivity contribution in [1.29, 1.82) is 0 Å². The van der Waals surface area contributed by atoms with E-state index >= 15 is 0 Å². The highest BCUT2D eigenvalue weighted by Gasteiger charge is 2.18. The van der Waals surface area contributed by atoms with E-state index in [1.54, 1.807) is 6.08 Å². The van der Waals surface area contributed by atoms with E-state index in [4.69, 9.17) is 4.74 Å². The summed E-state index contributed by atoms with van der Waals surface area (Å²) in [5.41, 5.74) is 0. The summed E-state index contributed by atoms with van der Waals surface area (Å²) < 4.78 is 5.52. The largest absolute Gasteiger partial charge is 0.466 e. The first-order valence-electron chi connectivity index (χ1n) is 44.1. The van der Waals surface area contributed by atoms with Gasteiger partial charge >= 0.3 is 5.97 Å². The van der Waals surface area contributed by atoms with Gasteiger partial charge in [0.2, 0.25) is 5.91 Å². The number of allylic oxidation sites excluding steroid dienone is 3. The molecule has 3 N–H and O–H groups in total. The van der Waals surface area contributed by atoms with Crippen LogP contribution in [0.25, 0.3) is 0 Å². The number of carbonyl (C=O) groups is 2. The van der Waals surface area contributed by atoms with E-state index in [0.29, 0.717) is 19.4 Å². The van der Waals surface area contributed by atoms with Crippen LogP contribution < -0.4 is 5.32 Å². The van der Waals surface area contributed by atoms with Gasteiger partial charge in [-0.15, -0.1) is 0 Å². The third-order valence-electron chi connectivity index (χ3n) is 21.0. The number of rotatable bonds is 84. The summed E-state index contributed by atoms with van der Waals surface area (Å²) in [5.74, 6) is -0.0352. The minimum atomic E-state index is -0.842. The van der Waals surface area contributed by atoms with Gasteiger partial charge < -0.3 is 20.3 Å². The van der Waals surface area contributed by atoms with Crippen molar-refractivity contribution in [2.75, 3.05) is 13.2 Å². The molecule has 0 bridgehead atoms. The van der Waals surface area contributed by atoms with Gasteiger partial charge in [0.05, 0.1) is 25.4 Å². The number of nitrogens with one attached hydrogen (secondary N) is 1. The van der Waals surface area contributed by atoms with Crippen molar-refractivity contribution in [2.24, 2.45) is 0 Å². The molecule has 0 aliphatic rings. The predicted octanol–water partition coefficient (Wildman–Crippen LogP) is 29.6. The molecule has 0 aliphatic carbocycles. The Labute approximate surface area is 596 Å². The molecule has 95 heavy (non-hydrogen) atoms. The van der Waals surface area contributed by atoms with Gasteiger partial charge in [0.15, 0.2) is 0 Å². The number of hydrogen-bond donors (Lipinski definition) is 3. The van der Waals surface area contributed by atoms with Crippen molar-refractivity contribution in [3.63, 3.8) is 0 Å². The SMILES string of the molecule is CCCCCCCC/C=C\CCCCCCCCCC(=O)OCCCCCCCCCCCCCCCCCCCCCCCCCCCCCCCCCCCCCCCC(=O)NC(CO)C(O)/C=C/CCCCCCCCCCCCCCCCCCCCCCCC. The van der Waals surface area contributed by atoms with Gasteiger partial charge in [0.25, 0.3) is 0 Å². The quantitative estimate of drug-likeness (QED) is 0.0320. The molecule has 0 aromatic heterocycles. The molecule has 0 rings (SSSR count). The fourth-order valence-electron chi connectivity index (χ4n) is 14.3. The molecule has 0 spiro atoms. The second kappa shape index (κ2) is 84.8. The highest BCUT2D eigenvalue weighted by Crippen LogP contribution is 2.21. The van der Waals surface area contributed by atoms with Crippen LogP contribution in [0, 0.1) is 0 Å². The van der Waals surface area contributed by atoms with Gasteiger partial charge in [-0.1, -0.05) is 462 Å². The average molecular weight is 1340 g/mol. The minimum absolute atomic E-state index is 0.0211. The van der Waals surface area contributed by atoms with Crippen molar-refractivity contribution >= 4 is 11.9 Å². The number of amides is 1. The number of aliphatic hydroxyl groups excluding tert-OH is 2. The Morgan fingerprint density at radius 2 is 0.495 bits per heavy atom. The van der Waals surface area contributed by atoms with E-state index in [1.165, 1.54) is 443 Å². The van der Waals surface area contributed by atoms with Crippen LogP contribution in [0.3, 0.4) is 0 Å². The lowest BCUT2D eigenvalue weighted by Crippen LogP contribution is -2.45. The standard InChI is InChI=1S/C89H173NO5/c1-3-5-7-9-11-13-15-17-19-21-22-23-24-40-43-46-50-53-57-61-65-69-73-77-81-87(92)86(85-91)90-88(93)82-78-74-70-66-62-58-54-51-47-44-41-38-36-34-32-30-28-26-25-27-29-31-33-35-37-39-42-45-48-52-56-60-64-68-72-76-80-84-95-89(94)83-79-75-71-67-63-59-55-49-20-18-16-14-12-10-8-6-4-2/h18,20,77,81,86-87,91-92H,3-17,19,21-76,78-80,82-85H2,1-2H3,(H,90,93)/b20-18-,81-77+. The van der Waals surface area contributed by atoms with Gasteiger partial charge in [-0.25, -0.2) is 0 Å². The Balaban J connectivity index is 3.32. The molecule has 6 nitrogen and oxygen atoms in total. The molecule has 0 aromatic carbocycles. The van der Waals surface area contributed by atoms with Crippen LogP contribution in [-0.2, 0) is 14.3 Å². The van der Waals surface area contributed by atoms with Crippen LogP contribution in [0.4, 0.5) is 0 Å². The third kappa shape index (κ3) is 81.2. The number of hydrogen-bond acceptors (Lipinski definition) is 5. The van der Waals surface area contributed by atoms with Crippen LogP contribution in [0.1, 0.15) is 508 Å². The molecule has 0 saturated carbocycles. The zero-order chi connectivity index (χ0) is 68.4. The van der Waals surface area contributed by atoms with Crippen LogP contribution in [-0.4, -0.2) is 47.4 Å². The summed E-state index contributed by atoms with van der Waals surface area (Å²) in [6.45, 7) is 4.96. The van der Waals surface area contributed by atoms with E-state index in [2.05, 4.69) is 31.3 Å². The molecule has 0 aromatic rings. The first-order chi connectivity index (χ1) is 47.0. The van der Waals surface area contributed by atoms with Gasteiger partial charge in [-0.3, -0.25) is 9.59 Å². The lowest BCUT2D eigenvalue weighted by atomic mass is 10.0. The predicted molar refractivity (Wildman–Crippen MR) is 421 cm³/mol. The summed E-state index contributed by atoms with van der Waals surface area (Å²) in [4.78, 5) is 24.7. The van der Waals surface area contributed by atoms with E-state index in [-0.39, 0.29) is 18.5 Å². The smallest absolute Gasteiger partial charge is 0.305 e. The molecule has 0 heterocycles. The molecule has 2 atom stereocenters. The molecule has 0 saturated heterocycles. The first-order valence-corrected chi connectivity index (χ1v) is 44.1. The molecule has 0 aliphatic heterocycles. The Hall–Kier alpha value is -1.66. The normalized spacial score (nSPS) is 12.5. The molecule has 564 valence electrons. The molecule has 0 fully saturated rings. The second-order valence-electron chi connectivity index (χ2n) is 30.6. The van der Waals surface area contributed by atoms with Crippen molar-refractivity contribution < 1.29 is 24.5 Å². The lowest BCUT2D eigenvalue weighted by Gasteiger charge is -2.20. The molecule has 2 unspecified atom stereocenters. The van der Waals surface area contributed by atoms with Crippen molar-refractivity contribution in [2.45, 2.75) is 520 Å². The maximum atomic E-state index is 12.6. The number of unbranched alkanes of at least 4 members (excludes halogenated alkanes) is 71. The summed E-state index contributed by atoms with van der Waals surface area (Å²) in [6, 6.07) is -0.625. The Bertz CT molecular complexity index is 1500. The summed E-state index contributed by atoms with van der Waals surface area (Å²) in [5, 5.41) is 23.3. The van der Waals surface area contributed by atoms with Crippen LogP contribution in [0.15, 0.2) is 24.3 Å². The molecule has 6 heteroatoms. The molecule has 0 radical (unpaired) electrons. The van der Waals surface area contributed by atoms with E-state index < -0.39 is 12.1 Å². The summed E-state index contributed by atoms with van der Waals surface area (Å²) >= 11 is 0. The summed E-state index contributed by atoms with van der Waals surface area (Å²) in [6.07, 6.45) is 111. The van der Waals surface area contributed by atoms with Crippen LogP contribution in [0.2, 0.25) is 0 Å². The first kappa shape index (κ1) is 93.3. The van der Waals surface area contributed by atoms with Gasteiger partial charge in [0.1, 0.15) is 0 Å². The molecular weight excluding hydrogens is 1160 g/mol. The van der Waals surface area contributed by atoms with Crippen molar-refractivity contribution in [3.8, 4) is 0 Å². The molecular formula is C89H173NO5. The van der Waals surface area contributed by atoms with E-state index in [0.717, 1.165) is 38.5 Å². The van der Waals surface area contributed by atoms with Crippen molar-refractivity contribution in [3.05, 3.63) is 24.3 Å². The number of esters is 1. The second-order valence-corrected chi connectivity index (χ2v) is 30.6. The lowest BCUT2D eigenvalue weighted by molar-refractivity contribution is -0.143. The van der Waals surface area contributed by atoms with Gasteiger partial charge in [-0.2, -0.15) is 0 Å². The Kier molecular flexibility index (Phi) is 83.3. The highest BCUT2D eigenvalue weighted by atomic mass is 16.5. The zero-order valence-corrected chi connectivity index (χ0v) is 64.9. The molecule has 1 amide bonds. The minimum Gasteiger partial charge on any atom is -0.466 e. The van der Waals surface area contributed by atoms with Gasteiger partial charge in [-0.05, 0) is 57.8 Å². The number of ether oxygens (including phenoxy) is 1.